The molecule has 8 heteroatoms. The standard InChI is InChI=1S/C22H23N5O3/c1-30-20-8-3-2-7-17(20)24-21(28)15-9-12-27(13-10-15)22(29)19-14-18(25-26-19)16-6-4-5-11-23-16/h2-8,11,14-15H,9-10,12-13H2,1H3,(H,24,28)(H,25,26). The van der Waals surface area contributed by atoms with E-state index in [0.29, 0.717) is 54.4 Å². The number of aromatic nitrogens is 3. The molecule has 2 aromatic heterocycles. The normalized spacial score (nSPS) is 14.4. The minimum atomic E-state index is -0.148. The average Bonchev–Trinajstić information content (AvgIpc) is 3.30. The fraction of sp³-hybridized carbons (Fsp3) is 0.273. The van der Waals surface area contributed by atoms with E-state index in [9.17, 15) is 9.59 Å². The Labute approximate surface area is 174 Å². The molecule has 4 rings (SSSR count). The largest absolute Gasteiger partial charge is 0.495 e. The molecule has 0 bridgehead atoms. The van der Waals surface area contributed by atoms with Crippen LogP contribution in [0, 0.1) is 5.92 Å². The molecule has 0 unspecified atom stereocenters. The first-order valence-electron chi connectivity index (χ1n) is 9.85. The van der Waals surface area contributed by atoms with Gasteiger partial charge in [-0.2, -0.15) is 5.10 Å². The van der Waals surface area contributed by atoms with Crippen molar-refractivity contribution < 1.29 is 14.3 Å². The summed E-state index contributed by atoms with van der Waals surface area (Å²) < 4.78 is 5.28. The summed E-state index contributed by atoms with van der Waals surface area (Å²) in [6.45, 7) is 1.03. The van der Waals surface area contributed by atoms with Gasteiger partial charge in [-0.05, 0) is 43.2 Å². The van der Waals surface area contributed by atoms with Crippen molar-refractivity contribution in [1.82, 2.24) is 20.1 Å². The summed E-state index contributed by atoms with van der Waals surface area (Å²) >= 11 is 0. The van der Waals surface area contributed by atoms with Crippen molar-refractivity contribution in [2.24, 2.45) is 5.92 Å². The van der Waals surface area contributed by atoms with Crippen molar-refractivity contribution in [3.8, 4) is 17.1 Å². The molecule has 1 aromatic carbocycles. The summed E-state index contributed by atoms with van der Waals surface area (Å²) in [4.78, 5) is 31.5. The van der Waals surface area contributed by atoms with Crippen LogP contribution in [0.25, 0.3) is 11.4 Å². The Bertz CT molecular complexity index is 1030. The molecule has 0 saturated carbocycles. The summed E-state index contributed by atoms with van der Waals surface area (Å²) in [5.74, 6) is 0.310. The molecule has 0 atom stereocenters. The summed E-state index contributed by atoms with van der Waals surface area (Å²) in [5, 5.41) is 9.94. The topological polar surface area (TPSA) is 100 Å². The van der Waals surface area contributed by atoms with Gasteiger partial charge in [0.25, 0.3) is 5.91 Å². The highest BCUT2D eigenvalue weighted by atomic mass is 16.5. The van der Waals surface area contributed by atoms with E-state index in [2.05, 4.69) is 20.5 Å². The number of carbonyl (C=O) groups excluding carboxylic acids is 2. The third kappa shape index (κ3) is 4.17. The monoisotopic (exact) mass is 405 g/mol. The number of anilines is 1. The van der Waals surface area contributed by atoms with E-state index in [-0.39, 0.29) is 17.7 Å². The molecule has 1 aliphatic heterocycles. The number of hydrogen-bond acceptors (Lipinski definition) is 5. The number of methoxy groups -OCH3 is 1. The van der Waals surface area contributed by atoms with Crippen LogP contribution in [0.4, 0.5) is 5.69 Å². The van der Waals surface area contributed by atoms with E-state index in [1.807, 2.05) is 36.4 Å². The number of rotatable bonds is 5. The van der Waals surface area contributed by atoms with Gasteiger partial charge >= 0.3 is 0 Å². The van der Waals surface area contributed by atoms with Crippen LogP contribution in [-0.2, 0) is 4.79 Å². The van der Waals surface area contributed by atoms with Gasteiger partial charge in [0.1, 0.15) is 17.1 Å². The predicted octanol–water partition coefficient (Wildman–Crippen LogP) is 2.97. The number of amides is 2. The van der Waals surface area contributed by atoms with Gasteiger partial charge in [0.15, 0.2) is 0 Å². The number of H-pyrrole nitrogens is 1. The molecule has 154 valence electrons. The Balaban J connectivity index is 1.35. The van der Waals surface area contributed by atoms with Crippen LogP contribution in [0.3, 0.4) is 0 Å². The van der Waals surface area contributed by atoms with Crippen LogP contribution in [0.2, 0.25) is 0 Å². The molecule has 30 heavy (non-hydrogen) atoms. The number of hydrogen-bond donors (Lipinski definition) is 2. The molecule has 0 aliphatic carbocycles. The van der Waals surface area contributed by atoms with Crippen molar-refractivity contribution in [2.45, 2.75) is 12.8 Å². The quantitative estimate of drug-likeness (QED) is 0.680. The van der Waals surface area contributed by atoms with E-state index in [1.54, 1.807) is 30.3 Å². The molecule has 3 aromatic rings. The van der Waals surface area contributed by atoms with Gasteiger partial charge < -0.3 is 15.0 Å². The maximum atomic E-state index is 12.8. The first-order valence-corrected chi connectivity index (χ1v) is 9.85. The van der Waals surface area contributed by atoms with Crippen molar-refractivity contribution in [3.63, 3.8) is 0 Å². The third-order valence-corrected chi connectivity index (χ3v) is 5.25. The van der Waals surface area contributed by atoms with E-state index >= 15 is 0 Å². The number of aromatic amines is 1. The first-order chi connectivity index (χ1) is 14.7. The number of para-hydroxylation sites is 2. The zero-order chi connectivity index (χ0) is 20.9. The highest BCUT2D eigenvalue weighted by molar-refractivity contribution is 5.95. The number of likely N-dealkylation sites (tertiary alicyclic amines) is 1. The summed E-state index contributed by atoms with van der Waals surface area (Å²) in [6.07, 6.45) is 2.90. The van der Waals surface area contributed by atoms with Crippen LogP contribution in [0.1, 0.15) is 23.3 Å². The maximum Gasteiger partial charge on any atom is 0.271 e. The molecule has 2 amide bonds. The molecule has 0 spiro atoms. The van der Waals surface area contributed by atoms with Gasteiger partial charge in [0, 0.05) is 25.2 Å². The van der Waals surface area contributed by atoms with Crippen LogP contribution in [-0.4, -0.2) is 52.1 Å². The molecule has 2 N–H and O–H groups in total. The number of piperidine rings is 1. The number of benzene rings is 1. The summed E-state index contributed by atoms with van der Waals surface area (Å²) in [7, 11) is 1.57. The third-order valence-electron chi connectivity index (χ3n) is 5.25. The Morgan fingerprint density at radius 2 is 1.87 bits per heavy atom. The lowest BCUT2D eigenvalue weighted by Gasteiger charge is -2.31. The minimum absolute atomic E-state index is 0.0504. The van der Waals surface area contributed by atoms with Gasteiger partial charge in [0.2, 0.25) is 5.91 Å². The number of carbonyl (C=O) groups is 2. The van der Waals surface area contributed by atoms with Crippen LogP contribution < -0.4 is 10.1 Å². The van der Waals surface area contributed by atoms with Crippen LogP contribution in [0.5, 0.6) is 5.75 Å². The van der Waals surface area contributed by atoms with Crippen molar-refractivity contribution in [3.05, 3.63) is 60.4 Å². The van der Waals surface area contributed by atoms with Gasteiger partial charge in [-0.1, -0.05) is 18.2 Å². The smallest absolute Gasteiger partial charge is 0.271 e. The second kappa shape index (κ2) is 8.77. The zero-order valence-corrected chi connectivity index (χ0v) is 16.7. The van der Waals surface area contributed by atoms with Crippen molar-refractivity contribution in [2.75, 3.05) is 25.5 Å². The molecule has 8 nitrogen and oxygen atoms in total. The lowest BCUT2D eigenvalue weighted by atomic mass is 9.95. The van der Waals surface area contributed by atoms with E-state index < -0.39 is 0 Å². The minimum Gasteiger partial charge on any atom is -0.495 e. The number of pyridine rings is 1. The molecule has 1 fully saturated rings. The number of nitrogens with one attached hydrogen (secondary N) is 2. The van der Waals surface area contributed by atoms with E-state index in [4.69, 9.17) is 4.74 Å². The van der Waals surface area contributed by atoms with Gasteiger partial charge in [0.05, 0.1) is 18.5 Å². The summed E-state index contributed by atoms with van der Waals surface area (Å²) in [6, 6.07) is 14.6. The summed E-state index contributed by atoms with van der Waals surface area (Å²) in [5.41, 5.74) is 2.42. The molecular weight excluding hydrogens is 382 g/mol. The highest BCUT2D eigenvalue weighted by Crippen LogP contribution is 2.26. The fourth-order valence-electron chi connectivity index (χ4n) is 3.57. The first kappa shape index (κ1) is 19.6. The fourth-order valence-corrected chi connectivity index (χ4v) is 3.57. The van der Waals surface area contributed by atoms with Gasteiger partial charge in [-0.25, -0.2) is 0 Å². The SMILES string of the molecule is COc1ccccc1NC(=O)C1CCN(C(=O)c2cc(-c3ccccn3)n[nH]2)CC1. The lowest BCUT2D eigenvalue weighted by molar-refractivity contribution is -0.121. The Morgan fingerprint density at radius 1 is 1.10 bits per heavy atom. The Kier molecular flexibility index (Phi) is 5.74. The molecule has 1 saturated heterocycles. The molecule has 1 aliphatic rings. The molecular formula is C22H23N5O3. The second-order valence-corrected chi connectivity index (χ2v) is 7.14. The van der Waals surface area contributed by atoms with Gasteiger partial charge in [-0.15, -0.1) is 0 Å². The van der Waals surface area contributed by atoms with Gasteiger partial charge in [-0.3, -0.25) is 19.7 Å². The van der Waals surface area contributed by atoms with Crippen molar-refractivity contribution in [1.29, 1.82) is 0 Å². The van der Waals surface area contributed by atoms with E-state index in [1.165, 1.54) is 0 Å². The number of nitrogens with zero attached hydrogens (tertiary/aromatic N) is 3. The second-order valence-electron chi connectivity index (χ2n) is 7.14. The molecule has 3 heterocycles. The average molecular weight is 405 g/mol. The lowest BCUT2D eigenvalue weighted by Crippen LogP contribution is -2.41. The zero-order valence-electron chi connectivity index (χ0n) is 16.7. The molecule has 0 radical (unpaired) electrons. The highest BCUT2D eigenvalue weighted by Gasteiger charge is 2.29. The number of ether oxygens (including phenoxy) is 1. The Hall–Kier alpha value is -3.68. The van der Waals surface area contributed by atoms with E-state index in [0.717, 1.165) is 0 Å². The maximum absolute atomic E-state index is 12.8. The van der Waals surface area contributed by atoms with Crippen LogP contribution in [0.15, 0.2) is 54.7 Å². The Morgan fingerprint density at radius 3 is 2.60 bits per heavy atom. The van der Waals surface area contributed by atoms with Crippen molar-refractivity contribution >= 4 is 17.5 Å². The predicted molar refractivity (Wildman–Crippen MR) is 112 cm³/mol. The van der Waals surface area contributed by atoms with Crippen LogP contribution >= 0.6 is 0 Å².